The first kappa shape index (κ1) is 24.2. The predicted octanol–water partition coefficient (Wildman–Crippen LogP) is 4.03. The van der Waals surface area contributed by atoms with Crippen LogP contribution in [0.4, 0.5) is 26.3 Å². The van der Waals surface area contributed by atoms with Crippen LogP contribution in [0.5, 0.6) is 11.5 Å². The zero-order valence-corrected chi connectivity index (χ0v) is 17.5. The number of rotatable bonds is 4. The Morgan fingerprint density at radius 2 is 0.938 bits per heavy atom. The zero-order chi connectivity index (χ0) is 23.9. The molecule has 0 fully saturated rings. The van der Waals surface area contributed by atoms with Crippen molar-refractivity contribution in [2.24, 2.45) is 0 Å². The second kappa shape index (κ2) is 8.14. The number of hydrogen-bond donors (Lipinski definition) is 0. The Morgan fingerprint density at radius 1 is 0.594 bits per heavy atom. The molecule has 0 spiro atoms. The Bertz CT molecular complexity index is 1140. The van der Waals surface area contributed by atoms with Gasteiger partial charge in [-0.2, -0.15) is 43.2 Å². The van der Waals surface area contributed by atoms with E-state index in [4.69, 9.17) is 0 Å². The zero-order valence-electron chi connectivity index (χ0n) is 15.8. The fourth-order valence-electron chi connectivity index (χ4n) is 2.97. The summed E-state index contributed by atoms with van der Waals surface area (Å²) in [5, 5.41) is 0. The molecular weight excluding hydrogens is 490 g/mol. The molecular formula is C18H14F6O6S2. The van der Waals surface area contributed by atoms with Crippen molar-refractivity contribution in [2.45, 2.75) is 36.7 Å². The lowest BCUT2D eigenvalue weighted by Crippen LogP contribution is -2.28. The van der Waals surface area contributed by atoms with Crippen molar-refractivity contribution in [3.63, 3.8) is 0 Å². The van der Waals surface area contributed by atoms with Gasteiger partial charge in [0.1, 0.15) is 11.5 Å². The third-order valence-corrected chi connectivity index (χ3v) is 6.53. The van der Waals surface area contributed by atoms with E-state index in [-0.39, 0.29) is 36.8 Å². The van der Waals surface area contributed by atoms with Crippen molar-refractivity contribution in [3.05, 3.63) is 58.7 Å². The first-order valence-corrected chi connectivity index (χ1v) is 11.7. The lowest BCUT2D eigenvalue weighted by atomic mass is 9.95. The van der Waals surface area contributed by atoms with Gasteiger partial charge < -0.3 is 8.37 Å². The molecule has 2 aromatic rings. The predicted molar refractivity (Wildman–Crippen MR) is 98.9 cm³/mol. The maximum atomic E-state index is 12.7. The van der Waals surface area contributed by atoms with Gasteiger partial charge in [-0.25, -0.2) is 0 Å². The Morgan fingerprint density at radius 3 is 1.25 bits per heavy atom. The van der Waals surface area contributed by atoms with Crippen molar-refractivity contribution >= 4 is 20.2 Å². The minimum absolute atomic E-state index is 0.0239. The van der Waals surface area contributed by atoms with E-state index < -0.39 is 42.8 Å². The molecule has 32 heavy (non-hydrogen) atoms. The topological polar surface area (TPSA) is 86.7 Å². The van der Waals surface area contributed by atoms with Gasteiger partial charge in [-0.15, -0.1) is 0 Å². The molecule has 4 aliphatic rings. The molecule has 0 saturated carbocycles. The van der Waals surface area contributed by atoms with Gasteiger partial charge in [0.15, 0.2) is 0 Å². The molecule has 0 unspecified atom stereocenters. The summed E-state index contributed by atoms with van der Waals surface area (Å²) < 4.78 is 131. The summed E-state index contributed by atoms with van der Waals surface area (Å²) in [6, 6.07) is 8.11. The molecule has 0 aliphatic heterocycles. The molecule has 0 saturated heterocycles. The quantitative estimate of drug-likeness (QED) is 0.355. The van der Waals surface area contributed by atoms with Crippen LogP contribution < -0.4 is 8.37 Å². The molecule has 0 heterocycles. The van der Waals surface area contributed by atoms with Crippen LogP contribution in [0, 0.1) is 0 Å². The Balaban J connectivity index is 2.00. The summed E-state index contributed by atoms with van der Waals surface area (Å²) in [6.45, 7) is 0. The van der Waals surface area contributed by atoms with E-state index in [1.807, 2.05) is 0 Å². The SMILES string of the molecule is O=S(=O)(Oc1cc2ccc1CCc1ccc(cc1OS(=O)(=O)C(F)(F)F)CC2)C(F)(F)F. The number of hydrogen-bond acceptors (Lipinski definition) is 6. The number of benzene rings is 2. The highest BCUT2D eigenvalue weighted by molar-refractivity contribution is 7.88. The van der Waals surface area contributed by atoms with Gasteiger partial charge in [0.05, 0.1) is 0 Å². The van der Waals surface area contributed by atoms with E-state index >= 15 is 0 Å². The summed E-state index contributed by atoms with van der Waals surface area (Å²) in [5.41, 5.74) is -10.5. The van der Waals surface area contributed by atoms with E-state index in [0.29, 0.717) is 11.1 Å². The second-order valence-corrected chi connectivity index (χ2v) is 9.93. The van der Waals surface area contributed by atoms with Crippen LogP contribution in [0.3, 0.4) is 0 Å². The van der Waals surface area contributed by atoms with Crippen molar-refractivity contribution in [1.82, 2.24) is 0 Å². The Kier molecular flexibility index (Phi) is 6.15. The van der Waals surface area contributed by atoms with Gasteiger partial charge in [-0.1, -0.05) is 24.3 Å². The van der Waals surface area contributed by atoms with Crippen LogP contribution in [0.2, 0.25) is 0 Å². The van der Waals surface area contributed by atoms with Gasteiger partial charge in [0.2, 0.25) is 0 Å². The maximum absolute atomic E-state index is 12.7. The van der Waals surface area contributed by atoms with E-state index in [9.17, 15) is 43.2 Å². The van der Waals surface area contributed by atoms with E-state index in [0.717, 1.165) is 12.1 Å². The van der Waals surface area contributed by atoms with Crippen LogP contribution in [0.1, 0.15) is 22.3 Å². The molecule has 2 aromatic carbocycles. The first-order valence-electron chi connectivity index (χ1n) is 8.84. The van der Waals surface area contributed by atoms with E-state index in [1.165, 1.54) is 12.1 Å². The lowest BCUT2D eigenvalue weighted by molar-refractivity contribution is -0.0505. The molecule has 14 heteroatoms. The average molecular weight is 504 g/mol. The van der Waals surface area contributed by atoms with E-state index in [2.05, 4.69) is 8.37 Å². The third kappa shape index (κ3) is 5.11. The van der Waals surface area contributed by atoms with Crippen LogP contribution in [0.15, 0.2) is 36.4 Å². The summed E-state index contributed by atoms with van der Waals surface area (Å²) in [6.07, 6.45) is -0.0590. The summed E-state index contributed by atoms with van der Waals surface area (Å²) in [4.78, 5) is 0. The Labute approximate surface area is 179 Å². The number of aryl methyl sites for hydroxylation is 4. The standard InChI is InChI=1S/C18H14F6O6S2/c19-17(20,21)31(25,26)29-15-9-11-1-2-12-4-6-14(8-7-13(15)5-3-11)16(10-12)30-32(27,28)18(22,23)24/h3-6,9-10H,1-2,7-8H2. The molecule has 0 atom stereocenters. The molecule has 0 aromatic heterocycles. The molecule has 6 nitrogen and oxygen atoms in total. The largest absolute Gasteiger partial charge is 0.534 e. The van der Waals surface area contributed by atoms with Crippen molar-refractivity contribution in [3.8, 4) is 11.5 Å². The van der Waals surface area contributed by atoms with Crippen molar-refractivity contribution < 1.29 is 51.5 Å². The summed E-state index contributed by atoms with van der Waals surface area (Å²) in [7, 11) is -11.9. The molecule has 0 N–H and O–H groups in total. The van der Waals surface area contributed by atoms with Crippen LogP contribution in [-0.4, -0.2) is 27.9 Å². The van der Waals surface area contributed by atoms with Crippen LogP contribution in [0.25, 0.3) is 0 Å². The van der Waals surface area contributed by atoms with Crippen LogP contribution in [-0.2, 0) is 45.9 Å². The highest BCUT2D eigenvalue weighted by Crippen LogP contribution is 2.34. The van der Waals surface area contributed by atoms with Crippen LogP contribution >= 0.6 is 0 Å². The summed E-state index contributed by atoms with van der Waals surface area (Å²) in [5.74, 6) is -1.14. The smallest absolute Gasteiger partial charge is 0.376 e. The monoisotopic (exact) mass is 504 g/mol. The maximum Gasteiger partial charge on any atom is 0.534 e. The average Bonchev–Trinajstić information content (AvgIpc) is 2.62. The minimum atomic E-state index is -5.95. The normalized spacial score (nSPS) is 15.2. The fourth-order valence-corrected chi connectivity index (χ4v) is 3.94. The molecule has 176 valence electrons. The molecule has 0 amide bonds. The van der Waals surface area contributed by atoms with Crippen molar-refractivity contribution in [1.29, 1.82) is 0 Å². The first-order chi connectivity index (χ1) is 14.6. The molecule has 4 bridgehead atoms. The molecule has 0 radical (unpaired) electrons. The fraction of sp³-hybridized carbons (Fsp3) is 0.333. The Hall–Kier alpha value is -2.48. The van der Waals surface area contributed by atoms with Gasteiger partial charge >= 0.3 is 31.3 Å². The highest BCUT2D eigenvalue weighted by Gasteiger charge is 2.49. The minimum Gasteiger partial charge on any atom is -0.376 e. The van der Waals surface area contributed by atoms with Gasteiger partial charge in [0, 0.05) is 0 Å². The van der Waals surface area contributed by atoms with Gasteiger partial charge in [-0.3, -0.25) is 0 Å². The highest BCUT2D eigenvalue weighted by atomic mass is 32.2. The van der Waals surface area contributed by atoms with E-state index in [1.54, 1.807) is 12.1 Å². The molecule has 4 aliphatic carbocycles. The van der Waals surface area contributed by atoms with Gasteiger partial charge in [-0.05, 0) is 60.1 Å². The lowest BCUT2D eigenvalue weighted by Gasteiger charge is -2.18. The van der Waals surface area contributed by atoms with Gasteiger partial charge in [0.25, 0.3) is 0 Å². The third-order valence-electron chi connectivity index (χ3n) is 4.60. The summed E-state index contributed by atoms with van der Waals surface area (Å²) >= 11 is 0. The number of halogens is 6. The van der Waals surface area contributed by atoms with Crippen molar-refractivity contribution in [2.75, 3.05) is 0 Å². The number of alkyl halides is 6. The second-order valence-electron chi connectivity index (χ2n) is 6.85. The molecule has 6 rings (SSSR count).